The van der Waals surface area contributed by atoms with E-state index >= 15 is 0 Å². The molecule has 2 aliphatic heterocycles. The lowest BCUT2D eigenvalue weighted by atomic mass is 9.94. The van der Waals surface area contributed by atoms with Crippen LogP contribution in [0, 0.1) is 11.7 Å². The number of halogens is 2. The van der Waals surface area contributed by atoms with Crippen LogP contribution < -0.4 is 5.32 Å². The van der Waals surface area contributed by atoms with E-state index in [2.05, 4.69) is 26.1 Å². The van der Waals surface area contributed by atoms with Crippen LogP contribution >= 0.6 is 15.9 Å². The normalized spacial score (nSPS) is 28.3. The number of benzene rings is 1. The zero-order chi connectivity index (χ0) is 12.5. The quantitative estimate of drug-likeness (QED) is 0.903. The molecule has 1 aromatic carbocycles. The summed E-state index contributed by atoms with van der Waals surface area (Å²) in [4.78, 5) is 2.44. The number of hydrogen-bond donors (Lipinski definition) is 1. The zero-order valence-electron chi connectivity index (χ0n) is 10.3. The van der Waals surface area contributed by atoms with Crippen LogP contribution in [0.5, 0.6) is 0 Å². The Bertz CT molecular complexity index is 424. The maximum Gasteiger partial charge on any atom is 0.137 e. The molecular weight excluding hydrogens is 295 g/mol. The van der Waals surface area contributed by atoms with Gasteiger partial charge in [0.25, 0.3) is 0 Å². The van der Waals surface area contributed by atoms with E-state index < -0.39 is 0 Å². The number of hydrogen-bond acceptors (Lipinski definition) is 2. The molecule has 3 rings (SSSR count). The summed E-state index contributed by atoms with van der Waals surface area (Å²) >= 11 is 3.19. The molecule has 2 atom stereocenters. The Balaban J connectivity index is 1.64. The minimum atomic E-state index is -0.165. The summed E-state index contributed by atoms with van der Waals surface area (Å²) in [6.07, 6.45) is 2.63. The first-order chi connectivity index (χ1) is 8.72. The van der Waals surface area contributed by atoms with Crippen molar-refractivity contribution in [3.8, 4) is 0 Å². The first-order valence-corrected chi connectivity index (χ1v) is 7.41. The van der Waals surface area contributed by atoms with Crippen molar-refractivity contribution in [2.45, 2.75) is 25.4 Å². The fourth-order valence-corrected chi connectivity index (χ4v) is 3.41. The average molecular weight is 313 g/mol. The lowest BCUT2D eigenvalue weighted by molar-refractivity contribution is 0.312. The molecule has 4 heteroatoms. The maximum absolute atomic E-state index is 13.5. The smallest absolute Gasteiger partial charge is 0.137 e. The van der Waals surface area contributed by atoms with E-state index in [9.17, 15) is 4.39 Å². The van der Waals surface area contributed by atoms with E-state index in [-0.39, 0.29) is 5.82 Å². The van der Waals surface area contributed by atoms with Crippen molar-refractivity contribution >= 4 is 15.9 Å². The second-order valence-electron chi connectivity index (χ2n) is 5.41. The van der Waals surface area contributed by atoms with Gasteiger partial charge in [0.2, 0.25) is 0 Å². The van der Waals surface area contributed by atoms with Crippen LogP contribution in [0.3, 0.4) is 0 Å². The Hall–Kier alpha value is -0.450. The van der Waals surface area contributed by atoms with Crippen molar-refractivity contribution in [3.05, 3.63) is 34.1 Å². The molecule has 2 fully saturated rings. The molecule has 2 saturated heterocycles. The maximum atomic E-state index is 13.5. The first-order valence-electron chi connectivity index (χ1n) is 6.62. The molecule has 1 N–H and O–H groups in total. The largest absolute Gasteiger partial charge is 0.312 e. The molecule has 2 nitrogen and oxygen atoms in total. The lowest BCUT2D eigenvalue weighted by Crippen LogP contribution is -2.40. The Morgan fingerprint density at radius 3 is 3.06 bits per heavy atom. The van der Waals surface area contributed by atoms with E-state index in [0.29, 0.717) is 10.5 Å². The summed E-state index contributed by atoms with van der Waals surface area (Å²) < 4.78 is 14.0. The molecule has 0 aliphatic carbocycles. The van der Waals surface area contributed by atoms with Gasteiger partial charge in [0.15, 0.2) is 0 Å². The van der Waals surface area contributed by atoms with Crippen LogP contribution in [-0.4, -0.2) is 30.6 Å². The van der Waals surface area contributed by atoms with Gasteiger partial charge in [-0.05, 0) is 58.9 Å². The Kier molecular flexibility index (Phi) is 3.68. The van der Waals surface area contributed by atoms with E-state index in [1.165, 1.54) is 12.8 Å². The van der Waals surface area contributed by atoms with Gasteiger partial charge in [0.05, 0.1) is 4.47 Å². The fraction of sp³-hybridized carbons (Fsp3) is 0.571. The molecule has 0 spiro atoms. The first kappa shape index (κ1) is 12.6. The average Bonchev–Trinajstić information content (AvgIpc) is 2.76. The van der Waals surface area contributed by atoms with Crippen LogP contribution in [0.15, 0.2) is 22.7 Å². The number of likely N-dealkylation sites (tertiary alicyclic amines) is 1. The number of nitrogens with one attached hydrogen (secondary N) is 1. The van der Waals surface area contributed by atoms with Crippen molar-refractivity contribution in [1.82, 2.24) is 10.2 Å². The summed E-state index contributed by atoms with van der Waals surface area (Å²) in [5.74, 6) is 0.626. The molecule has 0 saturated carbocycles. The molecular formula is C14H18BrFN2. The van der Waals surface area contributed by atoms with Gasteiger partial charge in [-0.1, -0.05) is 6.07 Å². The van der Waals surface area contributed by atoms with Gasteiger partial charge in [-0.15, -0.1) is 0 Å². The highest BCUT2D eigenvalue weighted by Crippen LogP contribution is 2.26. The number of fused-ring (bicyclic) bond motifs is 1. The van der Waals surface area contributed by atoms with Crippen molar-refractivity contribution in [1.29, 1.82) is 0 Å². The summed E-state index contributed by atoms with van der Waals surface area (Å²) in [5.41, 5.74) is 1.06. The second kappa shape index (κ2) is 5.27. The number of piperidine rings is 1. The van der Waals surface area contributed by atoms with Crippen molar-refractivity contribution < 1.29 is 4.39 Å². The van der Waals surface area contributed by atoms with Gasteiger partial charge in [0, 0.05) is 25.7 Å². The zero-order valence-corrected chi connectivity index (χ0v) is 11.9. The SMILES string of the molecule is Fc1cc(CN2C[C@@H]3CCCN[C@@H]3C2)ccc1Br. The van der Waals surface area contributed by atoms with Crippen molar-refractivity contribution in [2.24, 2.45) is 5.92 Å². The van der Waals surface area contributed by atoms with E-state index in [4.69, 9.17) is 0 Å². The molecule has 2 aliphatic rings. The molecule has 98 valence electrons. The number of rotatable bonds is 2. The molecule has 2 heterocycles. The summed E-state index contributed by atoms with van der Waals surface area (Å²) in [7, 11) is 0. The molecule has 18 heavy (non-hydrogen) atoms. The van der Waals surface area contributed by atoms with Gasteiger partial charge in [-0.2, -0.15) is 0 Å². The Labute approximate surface area is 116 Å². The van der Waals surface area contributed by atoms with Crippen LogP contribution in [0.4, 0.5) is 4.39 Å². The Morgan fingerprint density at radius 1 is 1.39 bits per heavy atom. The highest BCUT2D eigenvalue weighted by atomic mass is 79.9. The van der Waals surface area contributed by atoms with Gasteiger partial charge < -0.3 is 5.32 Å². The van der Waals surface area contributed by atoms with Gasteiger partial charge in [-0.3, -0.25) is 4.90 Å². The topological polar surface area (TPSA) is 15.3 Å². The van der Waals surface area contributed by atoms with Gasteiger partial charge in [0.1, 0.15) is 5.82 Å². The third-order valence-corrected chi connectivity index (χ3v) is 4.71. The summed E-state index contributed by atoms with van der Waals surface area (Å²) in [6, 6.07) is 6.09. The number of nitrogens with zero attached hydrogens (tertiary/aromatic N) is 1. The minimum absolute atomic E-state index is 0.165. The van der Waals surface area contributed by atoms with Gasteiger partial charge in [-0.25, -0.2) is 4.39 Å². The van der Waals surface area contributed by atoms with E-state index in [1.807, 2.05) is 6.07 Å². The van der Waals surface area contributed by atoms with Crippen molar-refractivity contribution in [3.63, 3.8) is 0 Å². The van der Waals surface area contributed by atoms with E-state index in [0.717, 1.165) is 37.7 Å². The predicted molar refractivity (Wildman–Crippen MR) is 73.9 cm³/mol. The third kappa shape index (κ3) is 2.60. The second-order valence-corrected chi connectivity index (χ2v) is 6.26. The van der Waals surface area contributed by atoms with Crippen LogP contribution in [0.1, 0.15) is 18.4 Å². The molecule has 0 bridgehead atoms. The van der Waals surface area contributed by atoms with Gasteiger partial charge >= 0.3 is 0 Å². The molecule has 0 radical (unpaired) electrons. The summed E-state index contributed by atoms with van der Waals surface area (Å²) in [5, 5.41) is 3.59. The summed E-state index contributed by atoms with van der Waals surface area (Å²) in [6.45, 7) is 4.26. The fourth-order valence-electron chi connectivity index (χ4n) is 3.16. The van der Waals surface area contributed by atoms with Crippen molar-refractivity contribution in [2.75, 3.05) is 19.6 Å². The van der Waals surface area contributed by atoms with Crippen LogP contribution in [-0.2, 0) is 6.54 Å². The predicted octanol–water partition coefficient (Wildman–Crippen LogP) is 2.77. The lowest BCUT2D eigenvalue weighted by Gasteiger charge is -2.24. The highest BCUT2D eigenvalue weighted by molar-refractivity contribution is 9.10. The standard InChI is InChI=1S/C14H18BrFN2/c15-12-4-3-10(6-13(12)16)7-18-8-11-2-1-5-17-14(11)9-18/h3-4,6,11,14,17H,1-2,5,7-9H2/t11-,14+/m0/s1. The highest BCUT2D eigenvalue weighted by Gasteiger charge is 2.33. The van der Waals surface area contributed by atoms with E-state index in [1.54, 1.807) is 12.1 Å². The Morgan fingerprint density at radius 2 is 2.28 bits per heavy atom. The minimum Gasteiger partial charge on any atom is -0.312 e. The third-order valence-electron chi connectivity index (χ3n) is 4.07. The molecule has 0 amide bonds. The molecule has 1 aromatic rings. The molecule has 0 aromatic heterocycles. The van der Waals surface area contributed by atoms with Crippen LogP contribution in [0.25, 0.3) is 0 Å². The van der Waals surface area contributed by atoms with Crippen LogP contribution in [0.2, 0.25) is 0 Å². The molecule has 0 unspecified atom stereocenters. The monoisotopic (exact) mass is 312 g/mol.